The zero-order chi connectivity index (χ0) is 13.9. The lowest BCUT2D eigenvalue weighted by atomic mass is 9.87. The van der Waals surface area contributed by atoms with E-state index in [4.69, 9.17) is 21.1 Å². The van der Waals surface area contributed by atoms with Gasteiger partial charge in [0.2, 0.25) is 0 Å². The van der Waals surface area contributed by atoms with Crippen LogP contribution in [0.5, 0.6) is 5.75 Å². The second-order valence-electron chi connectivity index (χ2n) is 5.29. The molecule has 0 bridgehead atoms. The van der Waals surface area contributed by atoms with E-state index in [1.165, 1.54) is 0 Å². The van der Waals surface area contributed by atoms with Crippen LogP contribution in [0.2, 0.25) is 5.02 Å². The summed E-state index contributed by atoms with van der Waals surface area (Å²) < 4.78 is 10.9. The van der Waals surface area contributed by atoms with Crippen LogP contribution in [0.4, 0.5) is 5.69 Å². The van der Waals surface area contributed by atoms with E-state index in [0.29, 0.717) is 30.5 Å². The molecule has 2 N–H and O–H groups in total. The molecule has 1 fully saturated rings. The van der Waals surface area contributed by atoms with Gasteiger partial charge in [-0.05, 0) is 26.0 Å². The lowest BCUT2D eigenvalue weighted by Gasteiger charge is -2.40. The van der Waals surface area contributed by atoms with Gasteiger partial charge in [-0.2, -0.15) is 0 Å². The van der Waals surface area contributed by atoms with Gasteiger partial charge in [0.05, 0.1) is 42.0 Å². The van der Waals surface area contributed by atoms with Gasteiger partial charge in [-0.3, -0.25) is 0 Å². The summed E-state index contributed by atoms with van der Waals surface area (Å²) in [6.07, 6.45) is 0.0549. The average molecular weight is 286 g/mol. The minimum Gasteiger partial charge on any atom is -0.487 e. The first kappa shape index (κ1) is 14.4. The normalized spacial score (nSPS) is 17.1. The third-order valence-electron chi connectivity index (χ3n) is 3.13. The predicted octanol–water partition coefficient (Wildman–Crippen LogP) is 2.55. The minimum absolute atomic E-state index is 0.0549. The van der Waals surface area contributed by atoms with Crippen LogP contribution >= 0.6 is 11.6 Å². The fourth-order valence-electron chi connectivity index (χ4n) is 1.93. The Balaban J connectivity index is 2.09. The Hall–Kier alpha value is -0.970. The maximum atomic E-state index is 9.41. The summed E-state index contributed by atoms with van der Waals surface area (Å²) in [5.41, 5.74) is 0.665. The molecule has 0 radical (unpaired) electrons. The Kier molecular flexibility index (Phi) is 4.55. The Bertz CT molecular complexity index is 427. The van der Waals surface area contributed by atoms with Crippen molar-refractivity contribution >= 4 is 17.3 Å². The molecule has 0 amide bonds. The second-order valence-corrected chi connectivity index (χ2v) is 5.69. The molecule has 5 heteroatoms. The Morgan fingerprint density at radius 2 is 2.21 bits per heavy atom. The van der Waals surface area contributed by atoms with Crippen molar-refractivity contribution in [2.24, 2.45) is 5.41 Å². The summed E-state index contributed by atoms with van der Waals surface area (Å²) in [6, 6.07) is 5.60. The number of para-hydroxylation sites is 1. The monoisotopic (exact) mass is 285 g/mol. The van der Waals surface area contributed by atoms with E-state index in [2.05, 4.69) is 5.32 Å². The van der Waals surface area contributed by atoms with E-state index in [1.807, 2.05) is 26.0 Å². The van der Waals surface area contributed by atoms with Crippen molar-refractivity contribution in [2.45, 2.75) is 20.0 Å². The van der Waals surface area contributed by atoms with Crippen LogP contribution in [0.15, 0.2) is 18.2 Å². The first-order valence-corrected chi connectivity index (χ1v) is 6.82. The minimum atomic E-state index is -0.183. The van der Waals surface area contributed by atoms with E-state index in [9.17, 15) is 5.11 Å². The number of ether oxygens (including phenoxy) is 2. The first-order valence-electron chi connectivity index (χ1n) is 6.44. The summed E-state index contributed by atoms with van der Waals surface area (Å²) >= 11 is 6.17. The van der Waals surface area contributed by atoms with Crippen LogP contribution in [-0.2, 0) is 4.74 Å². The topological polar surface area (TPSA) is 50.7 Å². The zero-order valence-electron chi connectivity index (χ0n) is 11.3. The molecule has 1 heterocycles. The molecule has 19 heavy (non-hydrogen) atoms. The molecule has 1 aliphatic rings. The van der Waals surface area contributed by atoms with Gasteiger partial charge >= 0.3 is 0 Å². The van der Waals surface area contributed by atoms with Gasteiger partial charge in [-0.1, -0.05) is 17.7 Å². The smallest absolute Gasteiger partial charge is 0.161 e. The highest BCUT2D eigenvalue weighted by atomic mass is 35.5. The predicted molar refractivity (Wildman–Crippen MR) is 76.0 cm³/mol. The zero-order valence-corrected chi connectivity index (χ0v) is 12.0. The Labute approximate surface area is 118 Å². The van der Waals surface area contributed by atoms with Gasteiger partial charge in [0.15, 0.2) is 5.75 Å². The van der Waals surface area contributed by atoms with Crippen LogP contribution in [0.1, 0.15) is 13.8 Å². The molecule has 1 aromatic rings. The van der Waals surface area contributed by atoms with Crippen LogP contribution in [0.25, 0.3) is 0 Å². The molecule has 1 aromatic carbocycles. The summed E-state index contributed by atoms with van der Waals surface area (Å²) in [5.74, 6) is 0.660. The molecule has 1 aliphatic heterocycles. The van der Waals surface area contributed by atoms with Crippen molar-refractivity contribution in [1.82, 2.24) is 0 Å². The molecule has 106 valence electrons. The van der Waals surface area contributed by atoms with E-state index in [0.717, 1.165) is 5.69 Å². The highest BCUT2D eigenvalue weighted by molar-refractivity contribution is 6.32. The quantitative estimate of drug-likeness (QED) is 0.843. The number of benzene rings is 1. The molecule has 1 saturated heterocycles. The SMILES string of the molecule is CC(C)Oc1c(Cl)cccc1NCC1(CO)COC1. The highest BCUT2D eigenvalue weighted by Crippen LogP contribution is 2.35. The van der Waals surface area contributed by atoms with Crippen molar-refractivity contribution in [3.05, 3.63) is 23.2 Å². The van der Waals surface area contributed by atoms with E-state index >= 15 is 0 Å². The number of aliphatic hydroxyl groups excluding tert-OH is 1. The highest BCUT2D eigenvalue weighted by Gasteiger charge is 2.38. The van der Waals surface area contributed by atoms with E-state index in [1.54, 1.807) is 6.07 Å². The summed E-state index contributed by atoms with van der Waals surface area (Å²) in [5, 5.41) is 13.3. The molecular formula is C14H20ClNO3. The molecule has 0 saturated carbocycles. The Morgan fingerprint density at radius 1 is 1.47 bits per heavy atom. The van der Waals surface area contributed by atoms with Gasteiger partial charge in [0, 0.05) is 6.54 Å². The fourth-order valence-corrected chi connectivity index (χ4v) is 2.15. The largest absolute Gasteiger partial charge is 0.487 e. The number of hydrogen-bond donors (Lipinski definition) is 2. The number of aliphatic hydroxyl groups is 1. The summed E-state index contributed by atoms with van der Waals surface area (Å²) in [7, 11) is 0. The van der Waals surface area contributed by atoms with Gasteiger partial charge < -0.3 is 19.9 Å². The molecule has 0 spiro atoms. The summed E-state index contributed by atoms with van der Waals surface area (Å²) in [6.45, 7) is 5.83. The van der Waals surface area contributed by atoms with Gasteiger partial charge in [-0.25, -0.2) is 0 Å². The maximum absolute atomic E-state index is 9.41. The number of anilines is 1. The second kappa shape index (κ2) is 5.99. The number of halogens is 1. The molecule has 0 aliphatic carbocycles. The molecular weight excluding hydrogens is 266 g/mol. The fraction of sp³-hybridized carbons (Fsp3) is 0.571. The number of rotatable bonds is 6. The van der Waals surface area contributed by atoms with Gasteiger partial charge in [0.25, 0.3) is 0 Å². The molecule has 0 unspecified atom stereocenters. The average Bonchev–Trinajstić information content (AvgIpc) is 2.32. The van der Waals surface area contributed by atoms with Gasteiger partial charge in [0.1, 0.15) is 0 Å². The lowest BCUT2D eigenvalue weighted by molar-refractivity contribution is -0.128. The van der Waals surface area contributed by atoms with Crippen molar-refractivity contribution in [2.75, 3.05) is 31.7 Å². The third kappa shape index (κ3) is 3.32. The van der Waals surface area contributed by atoms with Crippen LogP contribution in [0.3, 0.4) is 0 Å². The standard InChI is InChI=1S/C14H20ClNO3/c1-10(2)19-13-11(15)4-3-5-12(13)16-6-14(7-17)8-18-9-14/h3-5,10,16-17H,6-9H2,1-2H3. The number of nitrogens with one attached hydrogen (secondary N) is 1. The van der Waals surface area contributed by atoms with Crippen molar-refractivity contribution < 1.29 is 14.6 Å². The van der Waals surface area contributed by atoms with Crippen LogP contribution in [0, 0.1) is 5.41 Å². The molecule has 2 rings (SSSR count). The molecule has 4 nitrogen and oxygen atoms in total. The van der Waals surface area contributed by atoms with E-state index in [-0.39, 0.29) is 18.1 Å². The van der Waals surface area contributed by atoms with Crippen LogP contribution < -0.4 is 10.1 Å². The molecule has 0 aromatic heterocycles. The van der Waals surface area contributed by atoms with Crippen LogP contribution in [-0.4, -0.2) is 37.6 Å². The lowest BCUT2D eigenvalue weighted by Crippen LogP contribution is -2.50. The Morgan fingerprint density at radius 3 is 2.74 bits per heavy atom. The van der Waals surface area contributed by atoms with E-state index < -0.39 is 0 Å². The summed E-state index contributed by atoms with van der Waals surface area (Å²) in [4.78, 5) is 0. The third-order valence-corrected chi connectivity index (χ3v) is 3.42. The van der Waals surface area contributed by atoms with Crippen molar-refractivity contribution in [1.29, 1.82) is 0 Å². The maximum Gasteiger partial charge on any atom is 0.161 e. The van der Waals surface area contributed by atoms with Crippen molar-refractivity contribution in [3.63, 3.8) is 0 Å². The van der Waals surface area contributed by atoms with Crippen molar-refractivity contribution in [3.8, 4) is 5.75 Å². The number of hydrogen-bond acceptors (Lipinski definition) is 4. The first-order chi connectivity index (χ1) is 9.06. The van der Waals surface area contributed by atoms with Gasteiger partial charge in [-0.15, -0.1) is 0 Å². The molecule has 0 atom stereocenters.